The van der Waals surface area contributed by atoms with Crippen LogP contribution < -0.4 is 9.47 Å². The summed E-state index contributed by atoms with van der Waals surface area (Å²) in [6, 6.07) is 12.6. The highest BCUT2D eigenvalue weighted by Gasteiger charge is 2.09. The molecule has 0 aliphatic rings. The lowest BCUT2D eigenvalue weighted by Gasteiger charge is -2.12. The summed E-state index contributed by atoms with van der Waals surface area (Å²) < 4.78 is 17.5. The number of hydrogen-bond acceptors (Lipinski definition) is 4. The van der Waals surface area contributed by atoms with E-state index in [0.29, 0.717) is 22.3 Å². The fourth-order valence-corrected chi connectivity index (χ4v) is 3.00. The van der Waals surface area contributed by atoms with E-state index in [1.807, 2.05) is 13.0 Å². The van der Waals surface area contributed by atoms with Crippen molar-refractivity contribution in [1.29, 1.82) is 0 Å². The lowest BCUT2D eigenvalue weighted by atomic mass is 10.2. The molecule has 0 saturated carbocycles. The Morgan fingerprint density at radius 3 is 2.50 bits per heavy atom. The maximum absolute atomic E-state index is 11.7. The van der Waals surface area contributed by atoms with Crippen LogP contribution in [0.2, 0.25) is 5.02 Å². The quantitative estimate of drug-likeness (QED) is 0.423. The molecule has 1 unspecified atom stereocenters. The van der Waals surface area contributed by atoms with E-state index in [9.17, 15) is 4.79 Å². The van der Waals surface area contributed by atoms with Gasteiger partial charge >= 0.3 is 5.97 Å². The molecule has 0 amide bonds. The summed E-state index contributed by atoms with van der Waals surface area (Å²) in [4.78, 5) is 11.7. The predicted octanol–water partition coefficient (Wildman–Crippen LogP) is 6.40. The number of hydrogen-bond donors (Lipinski definition) is 0. The summed E-state index contributed by atoms with van der Waals surface area (Å²) in [5.74, 6) is 1.64. The number of ether oxygens (including phenoxy) is 3. The van der Waals surface area contributed by atoms with Crippen LogP contribution in [-0.2, 0) is 9.53 Å². The molecule has 0 fully saturated rings. The third kappa shape index (κ3) is 6.89. The van der Waals surface area contributed by atoms with Crippen LogP contribution in [0.15, 0.2) is 46.9 Å². The zero-order valence-electron chi connectivity index (χ0n) is 14.8. The Hall–Kier alpha value is -1.72. The van der Waals surface area contributed by atoms with Gasteiger partial charge in [0.15, 0.2) is 0 Å². The van der Waals surface area contributed by atoms with E-state index in [4.69, 9.17) is 25.8 Å². The summed E-state index contributed by atoms with van der Waals surface area (Å²) in [6.07, 6.45) is 2.04. The maximum Gasteiger partial charge on any atom is 0.309 e. The van der Waals surface area contributed by atoms with Crippen molar-refractivity contribution in [2.75, 3.05) is 6.61 Å². The SMILES string of the molecule is CCCC(C)OC(=O)CCOc1ccc(Oc2ccc(Br)cc2Cl)cc1. The van der Waals surface area contributed by atoms with Crippen LogP contribution >= 0.6 is 27.5 Å². The van der Waals surface area contributed by atoms with E-state index < -0.39 is 0 Å². The van der Waals surface area contributed by atoms with Gasteiger partial charge < -0.3 is 14.2 Å². The molecule has 0 aliphatic heterocycles. The van der Waals surface area contributed by atoms with Crippen LogP contribution in [0.3, 0.4) is 0 Å². The Balaban J connectivity index is 1.79. The van der Waals surface area contributed by atoms with E-state index in [-0.39, 0.29) is 25.1 Å². The molecule has 6 heteroatoms. The molecule has 1 atom stereocenters. The molecule has 26 heavy (non-hydrogen) atoms. The standard InChI is InChI=1S/C20H22BrClO4/c1-3-4-14(2)25-20(23)11-12-24-16-6-8-17(9-7-16)26-19-10-5-15(21)13-18(19)22/h5-10,13-14H,3-4,11-12H2,1-2H3. The third-order valence-electron chi connectivity index (χ3n) is 3.55. The van der Waals surface area contributed by atoms with Crippen molar-refractivity contribution < 1.29 is 19.0 Å². The number of rotatable bonds is 9. The maximum atomic E-state index is 11.7. The van der Waals surface area contributed by atoms with Crippen LogP contribution in [0, 0.1) is 0 Å². The van der Waals surface area contributed by atoms with Gasteiger partial charge in [-0.2, -0.15) is 0 Å². The van der Waals surface area contributed by atoms with Gasteiger partial charge in [0.2, 0.25) is 0 Å². The third-order valence-corrected chi connectivity index (χ3v) is 4.34. The predicted molar refractivity (Wildman–Crippen MR) is 106 cm³/mol. The molecule has 0 spiro atoms. The van der Waals surface area contributed by atoms with Gasteiger partial charge in [0, 0.05) is 4.47 Å². The second-order valence-corrected chi connectivity index (χ2v) is 7.16. The molecule has 0 saturated heterocycles. The largest absolute Gasteiger partial charge is 0.493 e. The van der Waals surface area contributed by atoms with Gasteiger partial charge in [-0.25, -0.2) is 0 Å². The van der Waals surface area contributed by atoms with Crippen molar-refractivity contribution in [3.05, 3.63) is 52.0 Å². The first-order chi connectivity index (χ1) is 12.5. The fraction of sp³-hybridized carbons (Fsp3) is 0.350. The Labute approximate surface area is 167 Å². The summed E-state index contributed by atoms with van der Waals surface area (Å²) in [7, 11) is 0. The topological polar surface area (TPSA) is 44.8 Å². The minimum absolute atomic E-state index is 0.0469. The number of benzene rings is 2. The van der Waals surface area contributed by atoms with E-state index in [2.05, 4.69) is 22.9 Å². The molecule has 0 bridgehead atoms. The van der Waals surface area contributed by atoms with Gasteiger partial charge in [0.05, 0.1) is 24.2 Å². The summed E-state index contributed by atoms with van der Waals surface area (Å²) in [5.41, 5.74) is 0. The summed E-state index contributed by atoms with van der Waals surface area (Å²) in [6.45, 7) is 4.24. The molecule has 2 aromatic carbocycles. The minimum Gasteiger partial charge on any atom is -0.493 e. The molecule has 4 nitrogen and oxygen atoms in total. The molecule has 0 aromatic heterocycles. The van der Waals surface area contributed by atoms with E-state index in [0.717, 1.165) is 17.3 Å². The van der Waals surface area contributed by atoms with E-state index in [1.54, 1.807) is 36.4 Å². The number of esters is 1. The first-order valence-corrected chi connectivity index (χ1v) is 9.70. The summed E-state index contributed by atoms with van der Waals surface area (Å²) >= 11 is 9.50. The first-order valence-electron chi connectivity index (χ1n) is 8.53. The number of carbonyl (C=O) groups is 1. The van der Waals surface area contributed by atoms with Crippen molar-refractivity contribution in [2.24, 2.45) is 0 Å². The molecule has 0 radical (unpaired) electrons. The molecule has 2 rings (SSSR count). The summed E-state index contributed by atoms with van der Waals surface area (Å²) in [5, 5.41) is 0.524. The molecule has 0 aliphatic carbocycles. The van der Waals surface area contributed by atoms with Crippen molar-refractivity contribution in [3.8, 4) is 17.2 Å². The van der Waals surface area contributed by atoms with Crippen LogP contribution in [0.5, 0.6) is 17.2 Å². The highest BCUT2D eigenvalue weighted by atomic mass is 79.9. The average Bonchev–Trinajstić information content (AvgIpc) is 2.59. The van der Waals surface area contributed by atoms with E-state index in [1.165, 1.54) is 0 Å². The van der Waals surface area contributed by atoms with Crippen LogP contribution in [-0.4, -0.2) is 18.7 Å². The van der Waals surface area contributed by atoms with Crippen LogP contribution in [0.25, 0.3) is 0 Å². The average molecular weight is 442 g/mol. The van der Waals surface area contributed by atoms with Gasteiger partial charge in [-0.05, 0) is 55.8 Å². The Bertz CT molecular complexity index is 718. The molecule has 0 heterocycles. The number of carbonyl (C=O) groups excluding carboxylic acids is 1. The minimum atomic E-state index is -0.240. The molecular weight excluding hydrogens is 420 g/mol. The molecule has 2 aromatic rings. The highest BCUT2D eigenvalue weighted by Crippen LogP contribution is 2.32. The van der Waals surface area contributed by atoms with Crippen molar-refractivity contribution in [1.82, 2.24) is 0 Å². The van der Waals surface area contributed by atoms with Gasteiger partial charge in [-0.1, -0.05) is 40.9 Å². The normalized spacial score (nSPS) is 11.7. The van der Waals surface area contributed by atoms with Gasteiger partial charge in [0.25, 0.3) is 0 Å². The fourth-order valence-electron chi connectivity index (χ4n) is 2.29. The van der Waals surface area contributed by atoms with Gasteiger partial charge in [0.1, 0.15) is 17.2 Å². The van der Waals surface area contributed by atoms with Crippen molar-refractivity contribution in [3.63, 3.8) is 0 Å². The van der Waals surface area contributed by atoms with Crippen LogP contribution in [0.4, 0.5) is 0 Å². The van der Waals surface area contributed by atoms with Crippen molar-refractivity contribution >= 4 is 33.5 Å². The van der Waals surface area contributed by atoms with E-state index >= 15 is 0 Å². The smallest absolute Gasteiger partial charge is 0.309 e. The Morgan fingerprint density at radius 1 is 1.15 bits per heavy atom. The highest BCUT2D eigenvalue weighted by molar-refractivity contribution is 9.10. The lowest BCUT2D eigenvalue weighted by molar-refractivity contribution is -0.149. The molecule has 0 N–H and O–H groups in total. The second kappa shape index (κ2) is 10.4. The monoisotopic (exact) mass is 440 g/mol. The van der Waals surface area contributed by atoms with Gasteiger partial charge in [-0.3, -0.25) is 4.79 Å². The zero-order chi connectivity index (χ0) is 18.9. The second-order valence-electron chi connectivity index (χ2n) is 5.84. The first kappa shape index (κ1) is 20.6. The Morgan fingerprint density at radius 2 is 1.85 bits per heavy atom. The molecule has 140 valence electrons. The molecular formula is C20H22BrClO4. The van der Waals surface area contributed by atoms with Crippen molar-refractivity contribution in [2.45, 2.75) is 39.2 Å². The zero-order valence-corrected chi connectivity index (χ0v) is 17.2. The lowest BCUT2D eigenvalue weighted by Crippen LogP contribution is -2.16. The van der Waals surface area contributed by atoms with Crippen LogP contribution in [0.1, 0.15) is 33.1 Å². The van der Waals surface area contributed by atoms with Gasteiger partial charge in [-0.15, -0.1) is 0 Å². The Kier molecular flexibility index (Phi) is 8.26. The number of halogens is 2.